The van der Waals surface area contributed by atoms with Crippen LogP contribution in [0.15, 0.2) is 95.9 Å². The highest BCUT2D eigenvalue weighted by Gasteiger charge is 2.27. The number of carbonyl (C=O) groups excluding carboxylic acids is 1. The van der Waals surface area contributed by atoms with Crippen LogP contribution in [-0.4, -0.2) is 6.29 Å². The molecular formula is C23H16OS2. The van der Waals surface area contributed by atoms with Gasteiger partial charge in [-0.05, 0) is 16.7 Å². The van der Waals surface area contributed by atoms with Gasteiger partial charge in [0.1, 0.15) is 0 Å². The lowest BCUT2D eigenvalue weighted by molar-refractivity contribution is -0.103. The lowest BCUT2D eigenvalue weighted by Gasteiger charge is -2.11. The van der Waals surface area contributed by atoms with Gasteiger partial charge in [-0.25, -0.2) is 0 Å². The molecule has 0 aliphatic carbocycles. The van der Waals surface area contributed by atoms with Gasteiger partial charge in [-0.15, -0.1) is 0 Å². The number of hydrogen-bond donors (Lipinski definition) is 0. The molecule has 4 rings (SSSR count). The molecule has 3 heteroatoms. The molecule has 0 bridgehead atoms. The third-order valence-electron chi connectivity index (χ3n) is 4.21. The van der Waals surface area contributed by atoms with Crippen molar-refractivity contribution in [3.05, 3.63) is 113 Å². The van der Waals surface area contributed by atoms with Crippen LogP contribution < -0.4 is 0 Å². The van der Waals surface area contributed by atoms with Crippen molar-refractivity contribution in [2.75, 3.05) is 0 Å². The van der Waals surface area contributed by atoms with Gasteiger partial charge in [0.05, 0.1) is 0 Å². The third-order valence-corrected chi connectivity index (χ3v) is 6.74. The van der Waals surface area contributed by atoms with Crippen molar-refractivity contribution in [2.24, 2.45) is 0 Å². The zero-order valence-corrected chi connectivity index (χ0v) is 15.6. The molecule has 0 atom stereocenters. The molecule has 3 aromatic carbocycles. The van der Waals surface area contributed by atoms with Crippen LogP contribution in [-0.2, 0) is 4.79 Å². The average molecular weight is 373 g/mol. The van der Waals surface area contributed by atoms with Gasteiger partial charge in [0, 0.05) is 21.0 Å². The van der Waals surface area contributed by atoms with E-state index in [-0.39, 0.29) is 0 Å². The Kier molecular flexibility index (Phi) is 5.09. The van der Waals surface area contributed by atoms with Gasteiger partial charge in [-0.2, -0.15) is 0 Å². The summed E-state index contributed by atoms with van der Waals surface area (Å²) in [5.74, 6) is 0. The molecule has 3 aromatic rings. The topological polar surface area (TPSA) is 17.1 Å². The number of carbonyl (C=O) groups is 1. The van der Waals surface area contributed by atoms with Gasteiger partial charge in [0.15, 0.2) is 6.29 Å². The summed E-state index contributed by atoms with van der Waals surface area (Å²) in [4.78, 5) is 14.2. The van der Waals surface area contributed by atoms with Crippen LogP contribution in [0.3, 0.4) is 0 Å². The molecule has 0 spiro atoms. The fourth-order valence-corrected chi connectivity index (χ4v) is 5.85. The first-order chi connectivity index (χ1) is 12.9. The third kappa shape index (κ3) is 3.28. The lowest BCUT2D eigenvalue weighted by atomic mass is 9.97. The first-order valence-electron chi connectivity index (χ1n) is 8.33. The molecule has 1 heterocycles. The van der Waals surface area contributed by atoms with Crippen molar-refractivity contribution in [2.45, 2.75) is 0 Å². The van der Waals surface area contributed by atoms with Crippen molar-refractivity contribution < 1.29 is 4.79 Å². The summed E-state index contributed by atoms with van der Waals surface area (Å²) in [6.07, 6.45) is 0.981. The first-order valence-corrected chi connectivity index (χ1v) is 10.5. The molecule has 0 radical (unpaired) electrons. The number of hydrogen-bond acceptors (Lipinski definition) is 3. The second-order valence-corrected chi connectivity index (χ2v) is 7.98. The van der Waals surface area contributed by atoms with Crippen molar-refractivity contribution in [3.63, 3.8) is 0 Å². The molecule has 0 saturated carbocycles. The van der Waals surface area contributed by atoms with Gasteiger partial charge >= 0.3 is 0 Å². The molecule has 126 valence electrons. The highest BCUT2D eigenvalue weighted by atomic mass is 33.1. The minimum Gasteiger partial charge on any atom is -0.298 e. The Morgan fingerprint density at radius 1 is 0.654 bits per heavy atom. The maximum atomic E-state index is 12.0. The lowest BCUT2D eigenvalue weighted by Crippen LogP contribution is -1.93. The Labute approximate surface area is 161 Å². The first kappa shape index (κ1) is 17.0. The normalized spacial score (nSPS) is 15.8. The molecule has 0 N–H and O–H groups in total. The van der Waals surface area contributed by atoms with Gasteiger partial charge in [-0.3, -0.25) is 4.79 Å². The highest BCUT2D eigenvalue weighted by molar-refractivity contribution is 8.82. The van der Waals surface area contributed by atoms with Gasteiger partial charge < -0.3 is 0 Å². The van der Waals surface area contributed by atoms with Crippen LogP contribution in [0.5, 0.6) is 0 Å². The average Bonchev–Trinajstić information content (AvgIpc) is 3.15. The predicted octanol–water partition coefficient (Wildman–Crippen LogP) is 6.56. The summed E-state index contributed by atoms with van der Waals surface area (Å²) in [5.41, 5.74) is 5.14. The van der Waals surface area contributed by atoms with E-state index in [4.69, 9.17) is 0 Å². The minimum atomic E-state index is 0.743. The Morgan fingerprint density at radius 3 is 1.77 bits per heavy atom. The molecule has 0 saturated heterocycles. The van der Waals surface area contributed by atoms with E-state index in [0.717, 1.165) is 33.5 Å². The summed E-state index contributed by atoms with van der Waals surface area (Å²) in [6.45, 7) is 0. The van der Waals surface area contributed by atoms with Crippen molar-refractivity contribution in [1.82, 2.24) is 0 Å². The monoisotopic (exact) mass is 372 g/mol. The Bertz CT molecular complexity index is 974. The van der Waals surface area contributed by atoms with Crippen LogP contribution >= 0.6 is 21.6 Å². The standard InChI is InChI=1S/C23H16OS2/c24-16-20(17-10-4-1-5-11-17)23-21(18-12-6-2-7-13-18)22(25-26-23)19-14-8-3-9-15-19/h1-16H/b23-20-. The summed E-state index contributed by atoms with van der Waals surface area (Å²) < 4.78 is 0. The van der Waals surface area contributed by atoms with E-state index >= 15 is 0 Å². The Hall–Kier alpha value is -2.49. The number of aldehydes is 1. The van der Waals surface area contributed by atoms with Crippen molar-refractivity contribution in [1.29, 1.82) is 0 Å². The predicted molar refractivity (Wildman–Crippen MR) is 114 cm³/mol. The number of rotatable bonds is 4. The van der Waals surface area contributed by atoms with Crippen LogP contribution in [0.4, 0.5) is 0 Å². The maximum Gasteiger partial charge on any atom is 0.151 e. The molecule has 26 heavy (non-hydrogen) atoms. The number of benzene rings is 3. The van der Waals surface area contributed by atoms with Crippen LogP contribution in [0.2, 0.25) is 0 Å². The van der Waals surface area contributed by atoms with E-state index in [1.54, 1.807) is 21.6 Å². The summed E-state index contributed by atoms with van der Waals surface area (Å²) in [5, 5.41) is 0. The molecule has 1 aliphatic rings. The Morgan fingerprint density at radius 2 is 1.19 bits per heavy atom. The molecule has 1 nitrogen and oxygen atoms in total. The molecule has 1 aliphatic heterocycles. The van der Waals surface area contributed by atoms with E-state index in [1.165, 1.54) is 10.5 Å². The fourth-order valence-electron chi connectivity index (χ4n) is 2.97. The minimum absolute atomic E-state index is 0.743. The van der Waals surface area contributed by atoms with E-state index < -0.39 is 0 Å². The van der Waals surface area contributed by atoms with Gasteiger partial charge in [0.2, 0.25) is 0 Å². The largest absolute Gasteiger partial charge is 0.298 e. The molecule has 0 amide bonds. The second-order valence-electron chi connectivity index (χ2n) is 5.83. The van der Waals surface area contributed by atoms with Crippen LogP contribution in [0, 0.1) is 0 Å². The van der Waals surface area contributed by atoms with Crippen LogP contribution in [0.25, 0.3) is 16.1 Å². The van der Waals surface area contributed by atoms with E-state index in [2.05, 4.69) is 36.4 Å². The molecule has 0 aromatic heterocycles. The van der Waals surface area contributed by atoms with Gasteiger partial charge in [0.25, 0.3) is 0 Å². The quantitative estimate of drug-likeness (QED) is 0.293. The second kappa shape index (κ2) is 7.81. The van der Waals surface area contributed by atoms with Crippen molar-refractivity contribution in [3.8, 4) is 0 Å². The summed E-state index contributed by atoms with van der Waals surface area (Å²) >= 11 is 0. The maximum absolute atomic E-state index is 12.0. The van der Waals surface area contributed by atoms with E-state index in [0.29, 0.717) is 0 Å². The summed E-state index contributed by atoms with van der Waals surface area (Å²) in [6, 6.07) is 30.6. The smallest absolute Gasteiger partial charge is 0.151 e. The molecule has 0 fully saturated rings. The molecule has 0 unspecified atom stereocenters. The zero-order chi connectivity index (χ0) is 17.8. The molecular weight excluding hydrogens is 356 g/mol. The van der Waals surface area contributed by atoms with Crippen molar-refractivity contribution >= 4 is 43.9 Å². The van der Waals surface area contributed by atoms with E-state index in [1.807, 2.05) is 54.6 Å². The highest BCUT2D eigenvalue weighted by Crippen LogP contribution is 2.59. The van der Waals surface area contributed by atoms with Crippen LogP contribution in [0.1, 0.15) is 16.7 Å². The Balaban J connectivity index is 1.97. The zero-order valence-electron chi connectivity index (χ0n) is 14.0. The van der Waals surface area contributed by atoms with Gasteiger partial charge in [-0.1, -0.05) is 113 Å². The fraction of sp³-hybridized carbons (Fsp3) is 0. The number of allylic oxidation sites excluding steroid dienone is 2. The summed E-state index contributed by atoms with van der Waals surface area (Å²) in [7, 11) is 3.39. The SMILES string of the molecule is O=C/C(=C1/SSC(c2ccccc2)=C1c1ccccc1)c1ccccc1. The van der Waals surface area contributed by atoms with E-state index in [9.17, 15) is 4.79 Å².